The Morgan fingerprint density at radius 3 is 2.66 bits per heavy atom. The highest BCUT2D eigenvalue weighted by atomic mass is 16.5. The van der Waals surface area contributed by atoms with E-state index in [1.54, 1.807) is 30.4 Å². The summed E-state index contributed by atoms with van der Waals surface area (Å²) >= 11 is 0. The van der Waals surface area contributed by atoms with E-state index in [0.29, 0.717) is 24.7 Å². The maximum Gasteiger partial charge on any atom is 0.274 e. The highest BCUT2D eigenvalue weighted by Gasteiger charge is 2.19. The summed E-state index contributed by atoms with van der Waals surface area (Å²) in [4.78, 5) is 26.6. The van der Waals surface area contributed by atoms with Gasteiger partial charge < -0.3 is 18.8 Å². The largest absolute Gasteiger partial charge is 0.492 e. The van der Waals surface area contributed by atoms with Gasteiger partial charge in [0.15, 0.2) is 0 Å². The normalized spacial score (nSPS) is 10.7. The summed E-state index contributed by atoms with van der Waals surface area (Å²) in [5.74, 6) is 1.05. The van der Waals surface area contributed by atoms with Crippen molar-refractivity contribution in [1.82, 2.24) is 14.7 Å². The van der Waals surface area contributed by atoms with Gasteiger partial charge in [0.05, 0.1) is 26.0 Å². The van der Waals surface area contributed by atoms with E-state index in [4.69, 9.17) is 13.9 Å². The molecule has 1 aromatic carbocycles. The summed E-state index contributed by atoms with van der Waals surface area (Å²) in [6, 6.07) is 15.6. The van der Waals surface area contributed by atoms with Crippen LogP contribution in [-0.4, -0.2) is 47.5 Å². The molecule has 29 heavy (non-hydrogen) atoms. The van der Waals surface area contributed by atoms with Gasteiger partial charge in [-0.25, -0.2) is 4.68 Å². The van der Waals surface area contributed by atoms with Crippen LogP contribution in [-0.2, 0) is 17.8 Å². The molecule has 0 fully saturated rings. The molecular formula is C21H23N3O5. The fraction of sp³-hybridized carbons (Fsp3) is 0.286. The number of carbonyl (C=O) groups is 1. The van der Waals surface area contributed by atoms with Crippen LogP contribution in [0.25, 0.3) is 0 Å². The zero-order valence-corrected chi connectivity index (χ0v) is 16.2. The van der Waals surface area contributed by atoms with Crippen LogP contribution in [0.3, 0.4) is 0 Å². The Morgan fingerprint density at radius 1 is 1.10 bits per heavy atom. The molecule has 3 aromatic rings. The number of nitrogens with zero attached hydrogens (tertiary/aromatic N) is 3. The third kappa shape index (κ3) is 5.79. The minimum atomic E-state index is -0.309. The fourth-order valence-electron chi connectivity index (χ4n) is 2.70. The van der Waals surface area contributed by atoms with E-state index in [1.807, 2.05) is 30.3 Å². The van der Waals surface area contributed by atoms with Gasteiger partial charge in [-0.2, -0.15) is 5.10 Å². The SMILES string of the molecule is COCCN(Cc1ccco1)C(=O)c1ccc(=O)n(CCOc2ccccc2)n1. The first kappa shape index (κ1) is 20.3. The van der Waals surface area contributed by atoms with E-state index in [2.05, 4.69) is 5.10 Å². The van der Waals surface area contributed by atoms with Crippen LogP contribution in [0.1, 0.15) is 16.2 Å². The van der Waals surface area contributed by atoms with E-state index in [9.17, 15) is 9.59 Å². The minimum absolute atomic E-state index is 0.173. The van der Waals surface area contributed by atoms with Crippen molar-refractivity contribution in [2.75, 3.05) is 26.9 Å². The second-order valence-corrected chi connectivity index (χ2v) is 6.24. The Hall–Kier alpha value is -3.39. The zero-order valence-electron chi connectivity index (χ0n) is 16.2. The van der Waals surface area contributed by atoms with E-state index in [1.165, 1.54) is 16.8 Å². The average molecular weight is 397 g/mol. The van der Waals surface area contributed by atoms with Crippen molar-refractivity contribution in [2.45, 2.75) is 13.1 Å². The molecule has 1 amide bonds. The molecule has 3 rings (SSSR count). The van der Waals surface area contributed by atoms with Crippen molar-refractivity contribution in [1.29, 1.82) is 0 Å². The lowest BCUT2D eigenvalue weighted by atomic mass is 10.3. The summed E-state index contributed by atoms with van der Waals surface area (Å²) in [6.07, 6.45) is 1.56. The van der Waals surface area contributed by atoms with Crippen LogP contribution >= 0.6 is 0 Å². The van der Waals surface area contributed by atoms with Gasteiger partial charge in [0.1, 0.15) is 23.8 Å². The van der Waals surface area contributed by atoms with Gasteiger partial charge in [0.25, 0.3) is 11.5 Å². The van der Waals surface area contributed by atoms with Gasteiger partial charge in [-0.1, -0.05) is 18.2 Å². The predicted octanol–water partition coefficient (Wildman–Crippen LogP) is 2.20. The van der Waals surface area contributed by atoms with Crippen LogP contribution in [0, 0.1) is 0 Å². The highest BCUT2D eigenvalue weighted by molar-refractivity contribution is 5.92. The second kappa shape index (κ2) is 10.2. The van der Waals surface area contributed by atoms with Gasteiger partial charge in [0, 0.05) is 19.7 Å². The van der Waals surface area contributed by atoms with Crippen LogP contribution in [0.2, 0.25) is 0 Å². The van der Waals surface area contributed by atoms with Crippen LogP contribution in [0.4, 0.5) is 0 Å². The van der Waals surface area contributed by atoms with Gasteiger partial charge in [-0.3, -0.25) is 9.59 Å². The molecule has 0 bridgehead atoms. The first-order valence-corrected chi connectivity index (χ1v) is 9.24. The number of amides is 1. The fourth-order valence-corrected chi connectivity index (χ4v) is 2.70. The van der Waals surface area contributed by atoms with Crippen molar-refractivity contribution >= 4 is 5.91 Å². The number of furan rings is 1. The maximum atomic E-state index is 13.0. The first-order chi connectivity index (χ1) is 14.2. The van der Waals surface area contributed by atoms with E-state index >= 15 is 0 Å². The Balaban J connectivity index is 1.69. The van der Waals surface area contributed by atoms with Crippen molar-refractivity contribution < 1.29 is 18.7 Å². The van der Waals surface area contributed by atoms with Crippen molar-refractivity contribution in [3.05, 3.63) is 82.7 Å². The number of aromatic nitrogens is 2. The zero-order chi connectivity index (χ0) is 20.5. The molecular weight excluding hydrogens is 374 g/mol. The molecule has 152 valence electrons. The number of ether oxygens (including phenoxy) is 2. The quantitative estimate of drug-likeness (QED) is 0.521. The summed E-state index contributed by atoms with van der Waals surface area (Å²) in [5, 5.41) is 4.22. The molecule has 0 radical (unpaired) electrons. The number of hydrogen-bond acceptors (Lipinski definition) is 6. The summed E-state index contributed by atoms with van der Waals surface area (Å²) < 4.78 is 17.3. The lowest BCUT2D eigenvalue weighted by Crippen LogP contribution is -2.36. The third-order valence-corrected chi connectivity index (χ3v) is 4.18. The molecule has 0 spiro atoms. The molecule has 0 aliphatic rings. The van der Waals surface area contributed by atoms with Crippen LogP contribution in [0.15, 0.2) is 70.1 Å². The first-order valence-electron chi connectivity index (χ1n) is 9.24. The Kier molecular flexibility index (Phi) is 7.18. The number of carbonyl (C=O) groups excluding carboxylic acids is 1. The lowest BCUT2D eigenvalue weighted by molar-refractivity contribution is 0.0657. The molecule has 0 saturated carbocycles. The van der Waals surface area contributed by atoms with Crippen molar-refractivity contribution in [2.24, 2.45) is 0 Å². The average Bonchev–Trinajstić information content (AvgIpc) is 3.26. The predicted molar refractivity (Wildman–Crippen MR) is 106 cm³/mol. The topological polar surface area (TPSA) is 86.8 Å². The summed E-state index contributed by atoms with van der Waals surface area (Å²) in [5.41, 5.74) is -0.125. The molecule has 0 N–H and O–H groups in total. The molecule has 0 atom stereocenters. The van der Waals surface area contributed by atoms with Gasteiger partial charge in [-0.05, 0) is 30.3 Å². The molecule has 0 unspecified atom stereocenters. The van der Waals surface area contributed by atoms with E-state index in [-0.39, 0.29) is 36.9 Å². The smallest absolute Gasteiger partial charge is 0.274 e. The minimum Gasteiger partial charge on any atom is -0.492 e. The molecule has 0 aliphatic heterocycles. The van der Waals surface area contributed by atoms with Crippen LogP contribution < -0.4 is 10.3 Å². The molecule has 8 nitrogen and oxygen atoms in total. The lowest BCUT2D eigenvalue weighted by Gasteiger charge is -2.21. The second-order valence-electron chi connectivity index (χ2n) is 6.24. The summed E-state index contributed by atoms with van der Waals surface area (Å²) in [6.45, 7) is 1.51. The van der Waals surface area contributed by atoms with Crippen molar-refractivity contribution in [3.63, 3.8) is 0 Å². The highest BCUT2D eigenvalue weighted by Crippen LogP contribution is 2.10. The third-order valence-electron chi connectivity index (χ3n) is 4.18. The number of benzene rings is 1. The van der Waals surface area contributed by atoms with Gasteiger partial charge >= 0.3 is 0 Å². The molecule has 0 aliphatic carbocycles. The molecule has 0 saturated heterocycles. The van der Waals surface area contributed by atoms with E-state index in [0.717, 1.165) is 0 Å². The van der Waals surface area contributed by atoms with Gasteiger partial charge in [0.2, 0.25) is 0 Å². The van der Waals surface area contributed by atoms with E-state index < -0.39 is 0 Å². The Labute approximate surface area is 168 Å². The van der Waals surface area contributed by atoms with Crippen LogP contribution in [0.5, 0.6) is 5.75 Å². The number of rotatable bonds is 10. The number of para-hydroxylation sites is 1. The Bertz CT molecular complexity index is 954. The Morgan fingerprint density at radius 2 is 1.93 bits per heavy atom. The molecule has 2 aromatic heterocycles. The monoisotopic (exact) mass is 397 g/mol. The van der Waals surface area contributed by atoms with Gasteiger partial charge in [-0.15, -0.1) is 0 Å². The standard InChI is InChI=1S/C21H23N3O5/c1-27-14-11-23(16-18-8-5-13-28-18)21(26)19-9-10-20(25)24(22-19)12-15-29-17-6-3-2-4-7-17/h2-10,13H,11-12,14-16H2,1H3. The molecule has 8 heteroatoms. The van der Waals surface area contributed by atoms with Crippen molar-refractivity contribution in [3.8, 4) is 5.75 Å². The number of hydrogen-bond donors (Lipinski definition) is 0. The number of methoxy groups -OCH3 is 1. The maximum absolute atomic E-state index is 13.0. The molecule has 2 heterocycles. The summed E-state index contributed by atoms with van der Waals surface area (Å²) in [7, 11) is 1.57.